The molecule has 194 valence electrons. The normalized spacial score (nSPS) is 22.6. The van der Waals surface area contributed by atoms with Crippen LogP contribution in [0.5, 0.6) is 0 Å². The van der Waals surface area contributed by atoms with Crippen LogP contribution in [0.2, 0.25) is 5.02 Å². The highest BCUT2D eigenvalue weighted by molar-refractivity contribution is 9.10. The lowest BCUT2D eigenvalue weighted by molar-refractivity contribution is -0.0370. The molecule has 1 aromatic heterocycles. The summed E-state index contributed by atoms with van der Waals surface area (Å²) in [5, 5.41) is 11.8. The number of amides is 2. The lowest BCUT2D eigenvalue weighted by Crippen LogP contribution is -2.45. The third-order valence-electron chi connectivity index (χ3n) is 8.35. The number of carbonyl (C=O) groups excluding carboxylic acids is 1. The monoisotopic (exact) mass is 638 g/mol. The number of nitrogens with two attached hydrogens (primary N) is 1. The number of carbonyl (C=O) groups is 1. The Morgan fingerprint density at radius 1 is 1.08 bits per heavy atom. The fourth-order valence-electron chi connectivity index (χ4n) is 6.42. The second-order valence-corrected chi connectivity index (χ2v) is 12.7. The third-order valence-corrected chi connectivity index (χ3v) is 9.66. The molecule has 2 aromatic rings. The van der Waals surface area contributed by atoms with Crippen molar-refractivity contribution in [1.29, 1.82) is 0 Å². The number of aromatic nitrogens is 1. The number of piperidine rings is 2. The molecule has 0 radical (unpaired) electrons. The standard InChI is InChI=1S/C27H33Br2ClN4O2/c28-20-12-19-2-1-18-13-21(30)14-22(29)24(18)25(26(19)32-15-20)17-5-9-33(10-6-17)23(35)11-16-3-7-34(8-4-16)27(31)36/h12-17,23,25,35H,1-11H2,(H2,31,36)/t23?,25-/m1/s1. The maximum absolute atomic E-state index is 11.4. The van der Waals surface area contributed by atoms with Gasteiger partial charge in [0.2, 0.25) is 0 Å². The Balaban J connectivity index is 1.30. The fourth-order valence-corrected chi connectivity index (χ4v) is 7.92. The molecular weight excluding hydrogens is 608 g/mol. The van der Waals surface area contributed by atoms with Crippen LogP contribution in [0.3, 0.4) is 0 Å². The molecule has 2 fully saturated rings. The molecule has 1 aromatic carbocycles. The van der Waals surface area contributed by atoms with Gasteiger partial charge in [0.25, 0.3) is 0 Å². The van der Waals surface area contributed by atoms with Gasteiger partial charge in [-0.2, -0.15) is 0 Å². The van der Waals surface area contributed by atoms with Crippen molar-refractivity contribution in [2.24, 2.45) is 17.6 Å². The first-order valence-corrected chi connectivity index (χ1v) is 14.8. The SMILES string of the molecule is NC(=O)N1CCC(CC(O)N2CCC([C@H]3c4ncc(Br)cc4CCc4cc(Cl)cc(Br)c43)CC2)CC1. The number of benzene rings is 1. The van der Waals surface area contributed by atoms with Gasteiger partial charge in [-0.25, -0.2) is 4.79 Å². The van der Waals surface area contributed by atoms with Crippen LogP contribution in [0.25, 0.3) is 0 Å². The summed E-state index contributed by atoms with van der Waals surface area (Å²) < 4.78 is 2.08. The highest BCUT2D eigenvalue weighted by atomic mass is 79.9. The maximum Gasteiger partial charge on any atom is 0.314 e. The van der Waals surface area contributed by atoms with Crippen LogP contribution in [0.1, 0.15) is 60.4 Å². The van der Waals surface area contributed by atoms with Gasteiger partial charge in [-0.1, -0.05) is 27.5 Å². The van der Waals surface area contributed by atoms with Crippen molar-refractivity contribution in [3.8, 4) is 0 Å². The van der Waals surface area contributed by atoms with Crippen LogP contribution in [0.15, 0.2) is 33.3 Å². The molecule has 3 N–H and O–H groups in total. The maximum atomic E-state index is 11.4. The molecule has 0 spiro atoms. The van der Waals surface area contributed by atoms with Crippen LogP contribution in [0, 0.1) is 11.8 Å². The number of fused-ring (bicyclic) bond motifs is 2. The summed E-state index contributed by atoms with van der Waals surface area (Å²) in [6, 6.07) is 6.02. The van der Waals surface area contributed by atoms with E-state index in [0.717, 1.165) is 72.0 Å². The van der Waals surface area contributed by atoms with Crippen molar-refractivity contribution >= 4 is 49.5 Å². The summed E-state index contributed by atoms with van der Waals surface area (Å²) in [7, 11) is 0. The zero-order valence-electron chi connectivity index (χ0n) is 20.3. The highest BCUT2D eigenvalue weighted by Gasteiger charge is 2.37. The first-order valence-electron chi connectivity index (χ1n) is 12.9. The average Bonchev–Trinajstić information content (AvgIpc) is 3.01. The summed E-state index contributed by atoms with van der Waals surface area (Å²) in [5.74, 6) is 1.07. The first kappa shape index (κ1) is 26.4. The molecule has 9 heteroatoms. The molecular formula is C27H33Br2ClN4O2. The van der Waals surface area contributed by atoms with E-state index in [4.69, 9.17) is 22.3 Å². The van der Waals surface area contributed by atoms with Gasteiger partial charge in [0.1, 0.15) is 6.23 Å². The van der Waals surface area contributed by atoms with E-state index in [2.05, 4.69) is 48.9 Å². The predicted octanol–water partition coefficient (Wildman–Crippen LogP) is 5.70. The van der Waals surface area contributed by atoms with Crippen molar-refractivity contribution in [1.82, 2.24) is 14.8 Å². The van der Waals surface area contributed by atoms with Gasteiger partial charge in [0.15, 0.2) is 0 Å². The Morgan fingerprint density at radius 3 is 2.47 bits per heavy atom. The molecule has 36 heavy (non-hydrogen) atoms. The molecule has 5 rings (SSSR count). The van der Waals surface area contributed by atoms with Crippen LogP contribution < -0.4 is 5.73 Å². The summed E-state index contributed by atoms with van der Waals surface area (Å²) in [4.78, 5) is 20.3. The summed E-state index contributed by atoms with van der Waals surface area (Å²) in [6.45, 7) is 3.12. The number of nitrogens with zero attached hydrogens (tertiary/aromatic N) is 3. The Labute approximate surface area is 234 Å². The van der Waals surface area contributed by atoms with Crippen molar-refractivity contribution in [3.63, 3.8) is 0 Å². The summed E-state index contributed by atoms with van der Waals surface area (Å²) >= 11 is 13.9. The van der Waals surface area contributed by atoms with Crippen molar-refractivity contribution < 1.29 is 9.90 Å². The fraction of sp³-hybridized carbons (Fsp3) is 0.556. The molecule has 2 amide bonds. The quantitative estimate of drug-likeness (QED) is 0.449. The number of hydrogen-bond donors (Lipinski definition) is 2. The minimum Gasteiger partial charge on any atom is -0.378 e. The van der Waals surface area contributed by atoms with E-state index in [-0.39, 0.29) is 11.9 Å². The van der Waals surface area contributed by atoms with Gasteiger partial charge >= 0.3 is 6.03 Å². The topological polar surface area (TPSA) is 82.7 Å². The molecule has 2 aliphatic heterocycles. The van der Waals surface area contributed by atoms with Gasteiger partial charge in [0.05, 0.1) is 5.69 Å². The van der Waals surface area contributed by atoms with Crippen molar-refractivity contribution in [2.45, 2.75) is 57.1 Å². The van der Waals surface area contributed by atoms with E-state index in [1.165, 1.54) is 22.4 Å². The zero-order valence-corrected chi connectivity index (χ0v) is 24.2. The van der Waals surface area contributed by atoms with E-state index in [9.17, 15) is 9.90 Å². The minimum absolute atomic E-state index is 0.203. The van der Waals surface area contributed by atoms with Gasteiger partial charge < -0.3 is 15.7 Å². The first-order chi connectivity index (χ1) is 17.3. The number of aliphatic hydroxyl groups is 1. The smallest absolute Gasteiger partial charge is 0.314 e. The van der Waals surface area contributed by atoms with Gasteiger partial charge in [0, 0.05) is 52.3 Å². The predicted molar refractivity (Wildman–Crippen MR) is 149 cm³/mol. The number of pyridine rings is 1. The Hall–Kier alpha value is -1.19. The van der Waals surface area contributed by atoms with Crippen LogP contribution in [0.4, 0.5) is 4.79 Å². The molecule has 2 saturated heterocycles. The molecule has 0 saturated carbocycles. The minimum atomic E-state index is -0.440. The lowest BCUT2D eigenvalue weighted by Gasteiger charge is -2.40. The van der Waals surface area contributed by atoms with E-state index < -0.39 is 6.23 Å². The number of halogens is 3. The van der Waals surface area contributed by atoms with E-state index >= 15 is 0 Å². The number of aliphatic hydroxyl groups excluding tert-OH is 1. The van der Waals surface area contributed by atoms with E-state index in [1.54, 1.807) is 4.90 Å². The highest BCUT2D eigenvalue weighted by Crippen LogP contribution is 2.46. The van der Waals surface area contributed by atoms with Crippen LogP contribution in [-0.4, -0.2) is 58.3 Å². The van der Waals surface area contributed by atoms with Gasteiger partial charge in [-0.15, -0.1) is 0 Å². The van der Waals surface area contributed by atoms with E-state index in [1.807, 2.05) is 12.3 Å². The number of rotatable bonds is 4. The number of hydrogen-bond acceptors (Lipinski definition) is 4. The second kappa shape index (κ2) is 11.3. The van der Waals surface area contributed by atoms with E-state index in [0.29, 0.717) is 24.9 Å². The van der Waals surface area contributed by atoms with Crippen molar-refractivity contribution in [2.75, 3.05) is 26.2 Å². The zero-order chi connectivity index (χ0) is 25.4. The van der Waals surface area contributed by atoms with Crippen LogP contribution in [-0.2, 0) is 12.8 Å². The number of aryl methyl sites for hydroxylation is 2. The Bertz CT molecular complexity index is 1120. The summed E-state index contributed by atoms with van der Waals surface area (Å²) in [5.41, 5.74) is 10.5. The van der Waals surface area contributed by atoms with Crippen LogP contribution >= 0.6 is 43.5 Å². The molecule has 3 heterocycles. The molecule has 0 bridgehead atoms. The Kier molecular flexibility index (Phi) is 8.28. The van der Waals surface area contributed by atoms with Gasteiger partial charge in [-0.3, -0.25) is 9.88 Å². The van der Waals surface area contributed by atoms with Crippen molar-refractivity contribution in [3.05, 3.63) is 60.7 Å². The second-order valence-electron chi connectivity index (χ2n) is 10.5. The number of urea groups is 1. The number of likely N-dealkylation sites (tertiary alicyclic amines) is 2. The lowest BCUT2D eigenvalue weighted by atomic mass is 9.76. The molecule has 2 atom stereocenters. The Morgan fingerprint density at radius 2 is 1.78 bits per heavy atom. The molecule has 6 nitrogen and oxygen atoms in total. The average molecular weight is 641 g/mol. The summed E-state index contributed by atoms with van der Waals surface area (Å²) in [6.07, 6.45) is 7.96. The van der Waals surface area contributed by atoms with Gasteiger partial charge in [-0.05, 0) is 108 Å². The molecule has 1 aliphatic carbocycles. The number of primary amides is 1. The largest absolute Gasteiger partial charge is 0.378 e. The third kappa shape index (κ3) is 5.63. The molecule has 1 unspecified atom stereocenters. The molecule has 3 aliphatic rings.